The van der Waals surface area contributed by atoms with E-state index in [4.69, 9.17) is 0 Å². The molecule has 2 aliphatic rings. The van der Waals surface area contributed by atoms with E-state index in [0.29, 0.717) is 6.04 Å². The minimum Gasteiger partial charge on any atom is -0.375 e. The molecule has 1 saturated heterocycles. The smallest absolute Gasteiger partial charge is 0.0912 e. The average Bonchev–Trinajstić information content (AvgIpc) is 2.51. The second kappa shape index (κ2) is 2.66. The van der Waals surface area contributed by atoms with E-state index in [1.54, 1.807) is 0 Å². The number of hydrogen-bond acceptors (Lipinski definition) is 3. The summed E-state index contributed by atoms with van der Waals surface area (Å²) in [6.45, 7) is 6.36. The van der Waals surface area contributed by atoms with Crippen LogP contribution in [0.1, 0.15) is 0 Å². The summed E-state index contributed by atoms with van der Waals surface area (Å²) in [5.74, 6) is 2.71. The summed E-state index contributed by atoms with van der Waals surface area (Å²) in [4.78, 5) is 2.40. The van der Waals surface area contributed by atoms with Crippen molar-refractivity contribution < 1.29 is 0 Å². The molecule has 0 bridgehead atoms. The van der Waals surface area contributed by atoms with Gasteiger partial charge in [-0.05, 0) is 18.9 Å². The van der Waals surface area contributed by atoms with Crippen LogP contribution < -0.4 is 10.6 Å². The van der Waals surface area contributed by atoms with Gasteiger partial charge in [0.2, 0.25) is 0 Å². The summed E-state index contributed by atoms with van der Waals surface area (Å²) >= 11 is 0. The molecule has 3 nitrogen and oxygen atoms in total. The lowest BCUT2D eigenvalue weighted by atomic mass is 10.4. The Hall–Kier alpha value is -0.700. The van der Waals surface area contributed by atoms with E-state index in [1.165, 1.54) is 13.1 Å². The van der Waals surface area contributed by atoms with Crippen molar-refractivity contribution in [3.8, 4) is 0 Å². The van der Waals surface area contributed by atoms with Gasteiger partial charge < -0.3 is 15.5 Å². The van der Waals surface area contributed by atoms with E-state index in [1.807, 2.05) is 7.05 Å². The van der Waals surface area contributed by atoms with E-state index in [-0.39, 0.29) is 0 Å². The van der Waals surface area contributed by atoms with Crippen molar-refractivity contribution in [2.75, 3.05) is 27.2 Å². The molecule has 3 heteroatoms. The van der Waals surface area contributed by atoms with Gasteiger partial charge in [0.15, 0.2) is 0 Å². The van der Waals surface area contributed by atoms with E-state index in [0.717, 1.165) is 17.7 Å². The molecular weight excluding hydrogens is 150 g/mol. The van der Waals surface area contributed by atoms with Gasteiger partial charge in [0.1, 0.15) is 0 Å². The quantitative estimate of drug-likeness (QED) is 0.611. The van der Waals surface area contributed by atoms with Crippen LogP contribution in [0.4, 0.5) is 0 Å². The van der Waals surface area contributed by atoms with Crippen LogP contribution in [0.25, 0.3) is 0 Å². The van der Waals surface area contributed by atoms with Crippen molar-refractivity contribution in [2.24, 2.45) is 11.8 Å². The highest BCUT2D eigenvalue weighted by molar-refractivity contribution is 5.12. The molecule has 68 valence electrons. The Morgan fingerprint density at radius 2 is 2.00 bits per heavy atom. The maximum atomic E-state index is 3.86. The van der Waals surface area contributed by atoms with Crippen LogP contribution in [0, 0.1) is 11.8 Å². The molecule has 0 aromatic carbocycles. The molecule has 1 aliphatic heterocycles. The summed E-state index contributed by atoms with van der Waals surface area (Å²) in [7, 11) is 4.09. The highest BCUT2D eigenvalue weighted by atomic mass is 15.2. The van der Waals surface area contributed by atoms with Gasteiger partial charge in [-0.2, -0.15) is 0 Å². The summed E-state index contributed by atoms with van der Waals surface area (Å²) in [5, 5.41) is 6.41. The molecule has 12 heavy (non-hydrogen) atoms. The van der Waals surface area contributed by atoms with Gasteiger partial charge in [-0.25, -0.2) is 0 Å². The number of nitrogens with one attached hydrogen (secondary N) is 2. The Labute approximate surface area is 73.8 Å². The van der Waals surface area contributed by atoms with Gasteiger partial charge in [0.25, 0.3) is 0 Å². The maximum Gasteiger partial charge on any atom is 0.0912 e. The van der Waals surface area contributed by atoms with Crippen molar-refractivity contribution >= 4 is 0 Å². The van der Waals surface area contributed by atoms with Crippen molar-refractivity contribution in [2.45, 2.75) is 6.04 Å². The molecular formula is C9H17N3. The molecule has 0 spiro atoms. The number of hydrogen-bond donors (Lipinski definition) is 2. The second-order valence-corrected chi connectivity index (χ2v) is 3.95. The Morgan fingerprint density at radius 1 is 1.42 bits per heavy atom. The van der Waals surface area contributed by atoms with Crippen LogP contribution in [0.15, 0.2) is 12.4 Å². The van der Waals surface area contributed by atoms with Crippen LogP contribution in [0.3, 0.4) is 0 Å². The third-order valence-corrected chi connectivity index (χ3v) is 3.02. The average molecular weight is 167 g/mol. The Kier molecular flexibility index (Phi) is 1.76. The van der Waals surface area contributed by atoms with Crippen molar-refractivity contribution in [3.63, 3.8) is 0 Å². The Balaban J connectivity index is 1.79. The maximum absolute atomic E-state index is 3.86. The molecule has 0 aromatic heterocycles. The largest absolute Gasteiger partial charge is 0.375 e. The Morgan fingerprint density at radius 3 is 2.50 bits per heavy atom. The summed E-state index contributed by atoms with van der Waals surface area (Å²) in [6.07, 6.45) is 0. The molecule has 0 amide bonds. The molecule has 1 saturated carbocycles. The van der Waals surface area contributed by atoms with Gasteiger partial charge in [-0.1, -0.05) is 6.58 Å². The first-order chi connectivity index (χ1) is 5.72. The Bertz CT molecular complexity index is 190. The summed E-state index contributed by atoms with van der Waals surface area (Å²) in [6, 6.07) is 0.696. The predicted octanol–water partition coefficient (Wildman–Crippen LogP) is -0.173. The fraction of sp³-hybridized carbons (Fsp3) is 0.778. The van der Waals surface area contributed by atoms with Gasteiger partial charge in [0.05, 0.1) is 5.82 Å². The lowest BCUT2D eigenvalue weighted by Crippen LogP contribution is -2.31. The van der Waals surface area contributed by atoms with Crippen LogP contribution in [0.5, 0.6) is 0 Å². The predicted molar refractivity (Wildman–Crippen MR) is 49.6 cm³/mol. The minimum atomic E-state index is 0.696. The molecule has 0 aromatic rings. The third-order valence-electron chi connectivity index (χ3n) is 3.02. The standard InChI is InChI=1S/C9H17N3/c1-6(10-2)11-9-7-4-12(3)5-8(7)9/h7-11H,1,4-5H2,2-3H3/t7-,8+,9?. The van der Waals surface area contributed by atoms with E-state index in [9.17, 15) is 0 Å². The SMILES string of the molecule is C=C(NC)NC1[C@H]2CN(C)C[C@@H]12. The number of rotatable bonds is 3. The number of fused-ring (bicyclic) bond motifs is 1. The monoisotopic (exact) mass is 167 g/mol. The first-order valence-corrected chi connectivity index (χ1v) is 4.54. The second-order valence-electron chi connectivity index (χ2n) is 3.95. The first kappa shape index (κ1) is 7.92. The fourth-order valence-corrected chi connectivity index (χ4v) is 2.22. The van der Waals surface area contributed by atoms with Crippen molar-refractivity contribution in [1.29, 1.82) is 0 Å². The van der Waals surface area contributed by atoms with Crippen molar-refractivity contribution in [1.82, 2.24) is 15.5 Å². The molecule has 1 heterocycles. The van der Waals surface area contributed by atoms with Crippen LogP contribution in [-0.4, -0.2) is 38.1 Å². The van der Waals surface area contributed by atoms with Crippen molar-refractivity contribution in [3.05, 3.63) is 12.4 Å². The zero-order chi connectivity index (χ0) is 8.72. The normalized spacial score (nSPS) is 39.0. The van der Waals surface area contributed by atoms with E-state index >= 15 is 0 Å². The topological polar surface area (TPSA) is 27.3 Å². The van der Waals surface area contributed by atoms with Gasteiger partial charge >= 0.3 is 0 Å². The van der Waals surface area contributed by atoms with E-state index in [2.05, 4.69) is 29.2 Å². The molecule has 2 fully saturated rings. The first-order valence-electron chi connectivity index (χ1n) is 4.54. The van der Waals surface area contributed by atoms with Crippen LogP contribution >= 0.6 is 0 Å². The fourth-order valence-electron chi connectivity index (χ4n) is 2.22. The number of nitrogens with zero attached hydrogens (tertiary/aromatic N) is 1. The van der Waals surface area contributed by atoms with Crippen LogP contribution in [-0.2, 0) is 0 Å². The number of piperidine rings is 1. The molecule has 1 aliphatic carbocycles. The zero-order valence-corrected chi connectivity index (χ0v) is 7.80. The van der Waals surface area contributed by atoms with Gasteiger partial charge in [0, 0.05) is 26.2 Å². The molecule has 2 rings (SSSR count). The van der Waals surface area contributed by atoms with Crippen LogP contribution in [0.2, 0.25) is 0 Å². The minimum absolute atomic E-state index is 0.696. The summed E-state index contributed by atoms with van der Waals surface area (Å²) < 4.78 is 0. The highest BCUT2D eigenvalue weighted by Gasteiger charge is 2.54. The number of likely N-dealkylation sites (tertiary alicyclic amines) is 1. The lowest BCUT2D eigenvalue weighted by molar-refractivity contribution is 0.353. The molecule has 1 unspecified atom stereocenters. The molecule has 3 atom stereocenters. The molecule has 2 N–H and O–H groups in total. The summed E-state index contributed by atoms with van der Waals surface area (Å²) in [5.41, 5.74) is 0. The van der Waals surface area contributed by atoms with Gasteiger partial charge in [-0.3, -0.25) is 0 Å². The molecule has 0 radical (unpaired) electrons. The highest BCUT2D eigenvalue weighted by Crippen LogP contribution is 2.44. The lowest BCUT2D eigenvalue weighted by Gasteiger charge is -2.15. The zero-order valence-electron chi connectivity index (χ0n) is 7.80. The van der Waals surface area contributed by atoms with E-state index < -0.39 is 0 Å². The third kappa shape index (κ3) is 1.18. The van der Waals surface area contributed by atoms with Gasteiger partial charge in [-0.15, -0.1) is 0 Å².